The number of hydrogen-bond donors (Lipinski definition) is 2. The molecule has 4 nitrogen and oxygen atoms in total. The van der Waals surface area contributed by atoms with Crippen LogP contribution in [0.2, 0.25) is 0 Å². The van der Waals surface area contributed by atoms with Gasteiger partial charge in [0.15, 0.2) is 0 Å². The molecule has 106 valence electrons. The van der Waals surface area contributed by atoms with Gasteiger partial charge >= 0.3 is 0 Å². The topological polar surface area (TPSA) is 52.6 Å². The lowest BCUT2D eigenvalue weighted by molar-refractivity contribution is -0.118. The molecule has 0 aliphatic heterocycles. The summed E-state index contributed by atoms with van der Waals surface area (Å²) >= 11 is 0. The first-order valence-electron chi connectivity index (χ1n) is 6.45. The van der Waals surface area contributed by atoms with Crippen molar-refractivity contribution in [3.05, 3.63) is 29.3 Å². The fourth-order valence-electron chi connectivity index (χ4n) is 1.69. The van der Waals surface area contributed by atoms with Crippen LogP contribution in [0.25, 0.3) is 0 Å². The van der Waals surface area contributed by atoms with Crippen LogP contribution in [-0.4, -0.2) is 41.7 Å². The molecule has 2 N–H and O–H groups in total. The number of benzene rings is 1. The van der Waals surface area contributed by atoms with Crippen LogP contribution in [0.5, 0.6) is 0 Å². The standard InChI is InChI=1S/C15H24N2O2/c1-11-6-7-13(12(2)8-11)16-14(19)9-17(5)15(3,4)10-18/h6-8,18H,9-10H2,1-5H3,(H,16,19). The third-order valence-electron chi connectivity index (χ3n) is 3.46. The Bertz CT molecular complexity index is 455. The van der Waals surface area contributed by atoms with E-state index >= 15 is 0 Å². The van der Waals surface area contributed by atoms with E-state index in [1.54, 1.807) is 0 Å². The molecule has 0 aromatic heterocycles. The summed E-state index contributed by atoms with van der Waals surface area (Å²) in [5.74, 6) is -0.0732. The normalized spacial score (nSPS) is 11.7. The summed E-state index contributed by atoms with van der Waals surface area (Å²) in [5, 5.41) is 12.2. The summed E-state index contributed by atoms with van der Waals surface area (Å²) in [6.07, 6.45) is 0. The van der Waals surface area contributed by atoms with Gasteiger partial charge in [0, 0.05) is 11.2 Å². The maximum atomic E-state index is 12.0. The maximum absolute atomic E-state index is 12.0. The van der Waals surface area contributed by atoms with Crippen LogP contribution in [0.1, 0.15) is 25.0 Å². The second kappa shape index (κ2) is 6.17. The zero-order valence-electron chi connectivity index (χ0n) is 12.4. The molecule has 0 fully saturated rings. The fraction of sp³-hybridized carbons (Fsp3) is 0.533. The number of aliphatic hydroxyl groups is 1. The molecule has 0 spiro atoms. The molecule has 1 aromatic carbocycles. The van der Waals surface area contributed by atoms with Crippen molar-refractivity contribution in [3.8, 4) is 0 Å². The number of nitrogens with zero attached hydrogens (tertiary/aromatic N) is 1. The van der Waals surface area contributed by atoms with E-state index in [4.69, 9.17) is 0 Å². The Balaban J connectivity index is 2.65. The molecule has 19 heavy (non-hydrogen) atoms. The van der Waals surface area contributed by atoms with Gasteiger partial charge in [0.1, 0.15) is 0 Å². The van der Waals surface area contributed by atoms with Crippen molar-refractivity contribution in [2.75, 3.05) is 25.5 Å². The van der Waals surface area contributed by atoms with E-state index in [-0.39, 0.29) is 19.1 Å². The lowest BCUT2D eigenvalue weighted by atomic mass is 10.1. The molecular weight excluding hydrogens is 240 g/mol. The van der Waals surface area contributed by atoms with Crippen molar-refractivity contribution >= 4 is 11.6 Å². The van der Waals surface area contributed by atoms with E-state index in [2.05, 4.69) is 5.32 Å². The summed E-state index contributed by atoms with van der Waals surface area (Å²) in [6, 6.07) is 5.93. The average molecular weight is 264 g/mol. The number of likely N-dealkylation sites (N-methyl/N-ethyl adjacent to an activating group) is 1. The minimum Gasteiger partial charge on any atom is -0.394 e. The molecule has 0 radical (unpaired) electrons. The third-order valence-corrected chi connectivity index (χ3v) is 3.46. The molecule has 0 unspecified atom stereocenters. The van der Waals surface area contributed by atoms with Gasteiger partial charge in [0.05, 0.1) is 13.2 Å². The van der Waals surface area contributed by atoms with Crippen molar-refractivity contribution in [2.24, 2.45) is 0 Å². The number of nitrogens with one attached hydrogen (secondary N) is 1. The molecule has 0 aliphatic carbocycles. The second-order valence-corrected chi connectivity index (χ2v) is 5.69. The Morgan fingerprint density at radius 3 is 2.53 bits per heavy atom. The Labute approximate surface area is 115 Å². The number of amides is 1. The third kappa shape index (κ3) is 4.33. The Hall–Kier alpha value is -1.39. The Morgan fingerprint density at radius 1 is 1.37 bits per heavy atom. The lowest BCUT2D eigenvalue weighted by Crippen LogP contribution is -2.47. The summed E-state index contributed by atoms with van der Waals surface area (Å²) in [7, 11) is 1.83. The lowest BCUT2D eigenvalue weighted by Gasteiger charge is -2.33. The Morgan fingerprint density at radius 2 is 2.00 bits per heavy atom. The van der Waals surface area contributed by atoms with Crippen LogP contribution < -0.4 is 5.32 Å². The van der Waals surface area contributed by atoms with Crippen LogP contribution in [0.15, 0.2) is 18.2 Å². The average Bonchev–Trinajstić information content (AvgIpc) is 2.32. The highest BCUT2D eigenvalue weighted by Crippen LogP contribution is 2.16. The number of anilines is 1. The number of rotatable bonds is 5. The van der Waals surface area contributed by atoms with Crippen molar-refractivity contribution in [2.45, 2.75) is 33.2 Å². The summed E-state index contributed by atoms with van der Waals surface area (Å²) in [4.78, 5) is 13.8. The number of aryl methyl sites for hydroxylation is 2. The molecule has 0 saturated heterocycles. The highest BCUT2D eigenvalue weighted by atomic mass is 16.3. The van der Waals surface area contributed by atoms with Gasteiger partial charge in [-0.25, -0.2) is 0 Å². The number of hydrogen-bond acceptors (Lipinski definition) is 3. The first kappa shape index (κ1) is 15.7. The maximum Gasteiger partial charge on any atom is 0.238 e. The largest absolute Gasteiger partial charge is 0.394 e. The van der Waals surface area contributed by atoms with E-state index in [0.29, 0.717) is 0 Å². The highest BCUT2D eigenvalue weighted by Gasteiger charge is 2.24. The predicted molar refractivity (Wildman–Crippen MR) is 78.3 cm³/mol. The van der Waals surface area contributed by atoms with Gasteiger partial charge in [-0.2, -0.15) is 0 Å². The SMILES string of the molecule is Cc1ccc(NC(=O)CN(C)C(C)(C)CO)c(C)c1. The van der Waals surface area contributed by atoms with E-state index < -0.39 is 5.54 Å². The summed E-state index contributed by atoms with van der Waals surface area (Å²) in [6.45, 7) is 8.07. The van der Waals surface area contributed by atoms with E-state index in [1.807, 2.05) is 57.8 Å². The van der Waals surface area contributed by atoms with Crippen molar-refractivity contribution < 1.29 is 9.90 Å². The van der Waals surface area contributed by atoms with Gasteiger partial charge < -0.3 is 10.4 Å². The number of aliphatic hydroxyl groups excluding tert-OH is 1. The van der Waals surface area contributed by atoms with Crippen LogP contribution in [-0.2, 0) is 4.79 Å². The molecular formula is C15H24N2O2. The highest BCUT2D eigenvalue weighted by molar-refractivity contribution is 5.93. The van der Waals surface area contributed by atoms with Gasteiger partial charge in [0.25, 0.3) is 0 Å². The zero-order chi connectivity index (χ0) is 14.6. The molecule has 0 heterocycles. The molecule has 1 aromatic rings. The van der Waals surface area contributed by atoms with Gasteiger partial charge in [-0.05, 0) is 46.4 Å². The van der Waals surface area contributed by atoms with Crippen molar-refractivity contribution in [3.63, 3.8) is 0 Å². The Kier molecular flexibility index (Phi) is 5.09. The zero-order valence-corrected chi connectivity index (χ0v) is 12.4. The van der Waals surface area contributed by atoms with Crippen molar-refractivity contribution in [1.29, 1.82) is 0 Å². The van der Waals surface area contributed by atoms with E-state index in [1.165, 1.54) is 5.56 Å². The van der Waals surface area contributed by atoms with E-state index in [9.17, 15) is 9.90 Å². The monoisotopic (exact) mass is 264 g/mol. The smallest absolute Gasteiger partial charge is 0.238 e. The minimum absolute atomic E-state index is 0.0142. The van der Waals surface area contributed by atoms with E-state index in [0.717, 1.165) is 11.3 Å². The van der Waals surface area contributed by atoms with Gasteiger partial charge in [0.2, 0.25) is 5.91 Å². The number of carbonyl (C=O) groups is 1. The van der Waals surface area contributed by atoms with Crippen molar-refractivity contribution in [1.82, 2.24) is 4.90 Å². The molecule has 0 bridgehead atoms. The number of carbonyl (C=O) groups excluding carboxylic acids is 1. The van der Waals surface area contributed by atoms with Crippen LogP contribution in [0.3, 0.4) is 0 Å². The molecule has 4 heteroatoms. The first-order valence-corrected chi connectivity index (χ1v) is 6.45. The predicted octanol–water partition coefficient (Wildman–Crippen LogP) is 1.94. The fourth-order valence-corrected chi connectivity index (χ4v) is 1.69. The molecule has 0 aliphatic rings. The molecule has 0 saturated carbocycles. The van der Waals surface area contributed by atoms with Gasteiger partial charge in [-0.15, -0.1) is 0 Å². The summed E-state index contributed by atoms with van der Waals surface area (Å²) < 4.78 is 0. The van der Waals surface area contributed by atoms with Crippen LogP contribution >= 0.6 is 0 Å². The second-order valence-electron chi connectivity index (χ2n) is 5.69. The first-order chi connectivity index (χ1) is 8.76. The quantitative estimate of drug-likeness (QED) is 0.854. The van der Waals surface area contributed by atoms with Crippen LogP contribution in [0, 0.1) is 13.8 Å². The molecule has 1 rings (SSSR count). The summed E-state index contributed by atoms with van der Waals surface area (Å²) in [5.41, 5.74) is 2.66. The van der Waals surface area contributed by atoms with Crippen LogP contribution in [0.4, 0.5) is 5.69 Å². The minimum atomic E-state index is -0.403. The van der Waals surface area contributed by atoms with Gasteiger partial charge in [-0.3, -0.25) is 9.69 Å². The molecule has 1 amide bonds. The molecule has 0 atom stereocenters. The van der Waals surface area contributed by atoms with Gasteiger partial charge in [-0.1, -0.05) is 17.7 Å².